The number of nitriles is 1. The smallest absolute Gasteiger partial charge is 0.188 e. The summed E-state index contributed by atoms with van der Waals surface area (Å²) in [7, 11) is 0. The number of hydrogen-bond acceptors (Lipinski definition) is 5. The van der Waals surface area contributed by atoms with Gasteiger partial charge in [-0.1, -0.05) is 0 Å². The largest absolute Gasteiger partial charge is 0.315 e. The third-order valence-electron chi connectivity index (χ3n) is 3.53. The second-order valence-electron chi connectivity index (χ2n) is 5.14. The summed E-state index contributed by atoms with van der Waals surface area (Å²) in [6.07, 6.45) is 4.67. The molecule has 0 radical (unpaired) electrons. The molecule has 0 saturated heterocycles. The van der Waals surface area contributed by atoms with Gasteiger partial charge in [0.05, 0.1) is 11.3 Å². The second-order valence-corrected chi connectivity index (χ2v) is 6.22. The molecule has 0 fully saturated rings. The second kappa shape index (κ2) is 5.22. The molecule has 0 spiro atoms. The molecule has 102 valence electrons. The van der Waals surface area contributed by atoms with Crippen LogP contribution in [0.2, 0.25) is 0 Å². The van der Waals surface area contributed by atoms with E-state index in [0.717, 1.165) is 29.2 Å². The molecule has 20 heavy (non-hydrogen) atoms. The van der Waals surface area contributed by atoms with Gasteiger partial charge in [-0.25, -0.2) is 9.97 Å². The zero-order valence-corrected chi connectivity index (χ0v) is 12.5. The number of pyridine rings is 1. The molecule has 1 aliphatic rings. The van der Waals surface area contributed by atoms with Crippen LogP contribution in [0.5, 0.6) is 0 Å². The third-order valence-corrected chi connectivity index (χ3v) is 4.60. The number of thiazole rings is 1. The van der Waals surface area contributed by atoms with E-state index in [4.69, 9.17) is 0 Å². The molecule has 2 aromatic rings. The minimum atomic E-state index is 0.601. The lowest BCUT2D eigenvalue weighted by atomic mass is 10.0. The monoisotopic (exact) mass is 284 g/mol. The summed E-state index contributed by atoms with van der Waals surface area (Å²) in [5.41, 5.74) is 3.67. The molecule has 0 atom stereocenters. The SMILES string of the molecule is Cc1cc(C)c(C#N)c(Nc2nc3c(s2)CCCC3)n1. The van der Waals surface area contributed by atoms with Gasteiger partial charge in [0.2, 0.25) is 0 Å². The highest BCUT2D eigenvalue weighted by Gasteiger charge is 2.16. The van der Waals surface area contributed by atoms with E-state index in [2.05, 4.69) is 21.4 Å². The van der Waals surface area contributed by atoms with Crippen LogP contribution in [0.3, 0.4) is 0 Å². The van der Waals surface area contributed by atoms with Crippen LogP contribution in [-0.2, 0) is 12.8 Å². The van der Waals surface area contributed by atoms with E-state index < -0.39 is 0 Å². The van der Waals surface area contributed by atoms with Crippen molar-refractivity contribution in [1.82, 2.24) is 9.97 Å². The molecule has 5 heteroatoms. The molecule has 0 aromatic carbocycles. The minimum absolute atomic E-state index is 0.601. The van der Waals surface area contributed by atoms with E-state index in [-0.39, 0.29) is 0 Å². The quantitative estimate of drug-likeness (QED) is 0.914. The Kier molecular flexibility index (Phi) is 3.41. The predicted molar refractivity (Wildman–Crippen MR) is 80.5 cm³/mol. The summed E-state index contributed by atoms with van der Waals surface area (Å²) in [6.45, 7) is 3.87. The molecule has 4 nitrogen and oxygen atoms in total. The lowest BCUT2D eigenvalue weighted by molar-refractivity contribution is 0.683. The average molecular weight is 284 g/mol. The number of aryl methyl sites for hydroxylation is 4. The van der Waals surface area contributed by atoms with Crippen molar-refractivity contribution in [1.29, 1.82) is 5.26 Å². The van der Waals surface area contributed by atoms with Crippen molar-refractivity contribution in [2.24, 2.45) is 0 Å². The standard InChI is InChI=1S/C15H16N4S/c1-9-7-10(2)17-14(11(9)8-16)19-15-18-12-5-3-4-6-13(12)20-15/h7H,3-6H2,1-2H3,(H,17,18,19). The summed E-state index contributed by atoms with van der Waals surface area (Å²) in [6, 6.07) is 4.15. The number of hydrogen-bond donors (Lipinski definition) is 1. The van der Waals surface area contributed by atoms with Gasteiger partial charge < -0.3 is 5.32 Å². The number of rotatable bonds is 2. The van der Waals surface area contributed by atoms with Crippen molar-refractivity contribution in [2.75, 3.05) is 5.32 Å². The number of nitrogens with zero attached hydrogens (tertiary/aromatic N) is 3. The summed E-state index contributed by atoms with van der Waals surface area (Å²) in [5.74, 6) is 0.621. The first-order valence-corrected chi connectivity index (χ1v) is 7.63. The van der Waals surface area contributed by atoms with Crippen molar-refractivity contribution < 1.29 is 0 Å². The topological polar surface area (TPSA) is 61.6 Å². The molecule has 2 aromatic heterocycles. The molecule has 0 aliphatic heterocycles. The van der Waals surface area contributed by atoms with Crippen LogP contribution < -0.4 is 5.32 Å². The Bertz CT molecular complexity index is 673. The normalized spacial score (nSPS) is 13.7. The van der Waals surface area contributed by atoms with Gasteiger partial charge in [0.15, 0.2) is 10.9 Å². The number of nitrogens with one attached hydrogen (secondary N) is 1. The lowest BCUT2D eigenvalue weighted by Crippen LogP contribution is -2.01. The van der Waals surface area contributed by atoms with E-state index in [0.29, 0.717) is 11.4 Å². The van der Waals surface area contributed by atoms with Crippen molar-refractivity contribution in [3.05, 3.63) is 33.5 Å². The van der Waals surface area contributed by atoms with Gasteiger partial charge in [-0.15, -0.1) is 11.3 Å². The number of fused-ring (bicyclic) bond motifs is 1. The van der Waals surface area contributed by atoms with Gasteiger partial charge in [-0.2, -0.15) is 5.26 Å². The van der Waals surface area contributed by atoms with Gasteiger partial charge in [0.25, 0.3) is 0 Å². The maximum atomic E-state index is 9.28. The average Bonchev–Trinajstić information content (AvgIpc) is 2.80. The Labute approximate surface area is 122 Å². The molecule has 2 heterocycles. The van der Waals surface area contributed by atoms with Gasteiger partial charge in [0, 0.05) is 10.6 Å². The molecule has 3 rings (SSSR count). The Morgan fingerprint density at radius 3 is 2.80 bits per heavy atom. The molecular weight excluding hydrogens is 268 g/mol. The van der Waals surface area contributed by atoms with Crippen LogP contribution in [0.15, 0.2) is 6.07 Å². The molecule has 0 bridgehead atoms. The van der Waals surface area contributed by atoms with Gasteiger partial charge in [0.1, 0.15) is 6.07 Å². The van der Waals surface area contributed by atoms with Crippen molar-refractivity contribution in [2.45, 2.75) is 39.5 Å². The highest BCUT2D eigenvalue weighted by Crippen LogP contribution is 2.32. The Morgan fingerprint density at radius 1 is 1.25 bits per heavy atom. The Hall–Kier alpha value is -1.93. The first kappa shape index (κ1) is 13.1. The van der Waals surface area contributed by atoms with E-state index >= 15 is 0 Å². The van der Waals surface area contributed by atoms with Gasteiger partial charge >= 0.3 is 0 Å². The third kappa shape index (κ3) is 2.39. The minimum Gasteiger partial charge on any atom is -0.315 e. The maximum absolute atomic E-state index is 9.28. The van der Waals surface area contributed by atoms with Crippen LogP contribution >= 0.6 is 11.3 Å². The molecule has 0 amide bonds. The highest BCUT2D eigenvalue weighted by molar-refractivity contribution is 7.15. The van der Waals surface area contributed by atoms with Gasteiger partial charge in [-0.05, 0) is 51.2 Å². The highest BCUT2D eigenvalue weighted by atomic mass is 32.1. The molecule has 1 N–H and O–H groups in total. The van der Waals surface area contributed by atoms with Crippen molar-refractivity contribution in [3.8, 4) is 6.07 Å². The Balaban J connectivity index is 1.95. The zero-order valence-electron chi connectivity index (χ0n) is 11.7. The van der Waals surface area contributed by atoms with E-state index in [9.17, 15) is 5.26 Å². The fourth-order valence-electron chi connectivity index (χ4n) is 2.58. The van der Waals surface area contributed by atoms with Crippen molar-refractivity contribution >= 4 is 22.3 Å². The van der Waals surface area contributed by atoms with E-state index in [1.54, 1.807) is 11.3 Å². The molecule has 0 saturated carbocycles. The van der Waals surface area contributed by atoms with E-state index in [1.165, 1.54) is 23.4 Å². The van der Waals surface area contributed by atoms with Crippen LogP contribution in [0.25, 0.3) is 0 Å². The molecule has 0 unspecified atom stereocenters. The van der Waals surface area contributed by atoms with Crippen LogP contribution in [0, 0.1) is 25.2 Å². The molecular formula is C15H16N4S. The van der Waals surface area contributed by atoms with Gasteiger partial charge in [-0.3, -0.25) is 0 Å². The number of aromatic nitrogens is 2. The lowest BCUT2D eigenvalue weighted by Gasteiger charge is -2.07. The summed E-state index contributed by atoms with van der Waals surface area (Å²) < 4.78 is 0. The van der Waals surface area contributed by atoms with Crippen molar-refractivity contribution in [3.63, 3.8) is 0 Å². The molecule has 1 aliphatic carbocycles. The van der Waals surface area contributed by atoms with Crippen LogP contribution in [0.1, 0.15) is 40.2 Å². The van der Waals surface area contributed by atoms with E-state index in [1.807, 2.05) is 19.9 Å². The van der Waals surface area contributed by atoms with Crippen LogP contribution in [0.4, 0.5) is 10.9 Å². The first-order chi connectivity index (χ1) is 9.67. The number of anilines is 2. The first-order valence-electron chi connectivity index (χ1n) is 6.81. The Morgan fingerprint density at radius 2 is 2.05 bits per heavy atom. The maximum Gasteiger partial charge on any atom is 0.188 e. The summed E-state index contributed by atoms with van der Waals surface area (Å²) in [5, 5.41) is 13.4. The summed E-state index contributed by atoms with van der Waals surface area (Å²) in [4.78, 5) is 10.5. The zero-order chi connectivity index (χ0) is 14.1. The fraction of sp³-hybridized carbons (Fsp3) is 0.400. The predicted octanol–water partition coefficient (Wildman–Crippen LogP) is 3.65. The van der Waals surface area contributed by atoms with Crippen LogP contribution in [-0.4, -0.2) is 9.97 Å². The summed E-state index contributed by atoms with van der Waals surface area (Å²) >= 11 is 1.69. The fourth-order valence-corrected chi connectivity index (χ4v) is 3.62.